The minimum absolute atomic E-state index is 0.419. The maximum Gasteiger partial charge on any atom is 0.235 e. The molecule has 1 N–H and O–H groups in total. The molecule has 0 aliphatic carbocycles. The first kappa shape index (κ1) is 13.0. The van der Waals surface area contributed by atoms with Crippen molar-refractivity contribution in [3.63, 3.8) is 0 Å². The Bertz CT molecular complexity index is 433. The molecule has 0 atom stereocenters. The van der Waals surface area contributed by atoms with Crippen LogP contribution in [0.2, 0.25) is 0 Å². The summed E-state index contributed by atoms with van der Waals surface area (Å²) in [5.74, 6) is 0.454. The molecule has 0 heterocycles. The Kier molecular flexibility index (Phi) is 3.97. The predicted molar refractivity (Wildman–Crippen MR) is 68.2 cm³/mol. The molecule has 16 heavy (non-hydrogen) atoms. The van der Waals surface area contributed by atoms with Crippen LogP contribution in [0.4, 0.5) is 5.69 Å². The summed E-state index contributed by atoms with van der Waals surface area (Å²) in [6.07, 6.45) is 0. The van der Waals surface area contributed by atoms with Crippen LogP contribution in [0.15, 0.2) is 24.3 Å². The van der Waals surface area contributed by atoms with Gasteiger partial charge in [-0.1, -0.05) is 26.0 Å². The monoisotopic (exact) mass is 241 g/mol. The van der Waals surface area contributed by atoms with Crippen molar-refractivity contribution >= 4 is 15.7 Å². The Morgan fingerprint density at radius 1 is 1.00 bits per heavy atom. The van der Waals surface area contributed by atoms with E-state index in [1.165, 1.54) is 5.56 Å². The van der Waals surface area contributed by atoms with Crippen LogP contribution in [-0.2, 0) is 10.0 Å². The van der Waals surface area contributed by atoms with E-state index in [-0.39, 0.29) is 0 Å². The lowest BCUT2D eigenvalue weighted by Crippen LogP contribution is -2.22. The van der Waals surface area contributed by atoms with Crippen LogP contribution in [-0.4, -0.2) is 13.7 Å². The zero-order chi connectivity index (χ0) is 12.3. The van der Waals surface area contributed by atoms with E-state index in [0.29, 0.717) is 11.6 Å². The maximum absolute atomic E-state index is 11.6. The minimum atomic E-state index is -3.23. The molecule has 0 unspecified atom stereocenters. The maximum atomic E-state index is 11.6. The van der Waals surface area contributed by atoms with Crippen LogP contribution in [0.5, 0.6) is 0 Å². The Hall–Kier alpha value is -1.03. The lowest BCUT2D eigenvalue weighted by atomic mass is 10.0. The summed E-state index contributed by atoms with van der Waals surface area (Å²) in [5.41, 5.74) is 1.82. The fourth-order valence-corrected chi connectivity index (χ4v) is 1.92. The highest BCUT2D eigenvalue weighted by molar-refractivity contribution is 7.93. The van der Waals surface area contributed by atoms with E-state index in [2.05, 4.69) is 18.6 Å². The first-order chi connectivity index (χ1) is 7.33. The number of sulfonamides is 1. The summed E-state index contributed by atoms with van der Waals surface area (Å²) in [5, 5.41) is -0.419. The standard InChI is InChI=1S/C12H19NO2S/c1-9(2)11-5-7-12(8-6-11)13-16(14,15)10(3)4/h5-10,13H,1-4H3. The lowest BCUT2D eigenvalue weighted by Gasteiger charge is -2.11. The number of hydrogen-bond acceptors (Lipinski definition) is 2. The fraction of sp³-hybridized carbons (Fsp3) is 0.500. The van der Waals surface area contributed by atoms with Crippen molar-refractivity contribution in [3.8, 4) is 0 Å². The molecule has 0 aliphatic rings. The quantitative estimate of drug-likeness (QED) is 0.881. The molecule has 0 aromatic heterocycles. The Morgan fingerprint density at radius 3 is 1.88 bits per heavy atom. The van der Waals surface area contributed by atoms with Gasteiger partial charge in [0.1, 0.15) is 0 Å². The minimum Gasteiger partial charge on any atom is -0.283 e. The van der Waals surface area contributed by atoms with Gasteiger partial charge in [0.2, 0.25) is 10.0 Å². The molecule has 1 aromatic rings. The van der Waals surface area contributed by atoms with E-state index in [1.807, 2.05) is 12.1 Å². The second-order valence-corrected chi connectivity index (χ2v) is 6.71. The smallest absolute Gasteiger partial charge is 0.235 e. The molecular weight excluding hydrogens is 222 g/mol. The van der Waals surface area contributed by atoms with Gasteiger partial charge in [0.25, 0.3) is 0 Å². The molecule has 0 bridgehead atoms. The molecular formula is C12H19NO2S. The average molecular weight is 241 g/mol. The van der Waals surface area contributed by atoms with E-state index >= 15 is 0 Å². The first-order valence-electron chi connectivity index (χ1n) is 5.44. The van der Waals surface area contributed by atoms with E-state index in [4.69, 9.17) is 0 Å². The van der Waals surface area contributed by atoms with Crippen LogP contribution >= 0.6 is 0 Å². The molecule has 90 valence electrons. The molecule has 1 rings (SSSR count). The molecule has 4 heteroatoms. The van der Waals surface area contributed by atoms with Crippen LogP contribution in [0.1, 0.15) is 39.2 Å². The highest BCUT2D eigenvalue weighted by atomic mass is 32.2. The third-order valence-electron chi connectivity index (χ3n) is 2.46. The molecule has 0 spiro atoms. The van der Waals surface area contributed by atoms with Crippen LogP contribution < -0.4 is 4.72 Å². The van der Waals surface area contributed by atoms with Gasteiger partial charge in [-0.2, -0.15) is 0 Å². The van der Waals surface area contributed by atoms with Crippen molar-refractivity contribution in [3.05, 3.63) is 29.8 Å². The zero-order valence-electron chi connectivity index (χ0n) is 10.2. The SMILES string of the molecule is CC(C)c1ccc(NS(=O)(=O)C(C)C)cc1. The summed E-state index contributed by atoms with van der Waals surface area (Å²) in [6, 6.07) is 7.50. The van der Waals surface area contributed by atoms with Gasteiger partial charge in [-0.05, 0) is 37.5 Å². The topological polar surface area (TPSA) is 46.2 Å². The second kappa shape index (κ2) is 4.87. The van der Waals surface area contributed by atoms with E-state index < -0.39 is 15.3 Å². The highest BCUT2D eigenvalue weighted by Gasteiger charge is 2.15. The molecule has 1 aromatic carbocycles. The Labute approximate surface area is 97.9 Å². The van der Waals surface area contributed by atoms with E-state index in [1.54, 1.807) is 26.0 Å². The van der Waals surface area contributed by atoms with Crippen molar-refractivity contribution in [2.45, 2.75) is 38.9 Å². The van der Waals surface area contributed by atoms with Crippen molar-refractivity contribution < 1.29 is 8.42 Å². The van der Waals surface area contributed by atoms with Gasteiger partial charge in [0.15, 0.2) is 0 Å². The van der Waals surface area contributed by atoms with Gasteiger partial charge >= 0.3 is 0 Å². The number of hydrogen-bond donors (Lipinski definition) is 1. The normalized spacial score (nSPS) is 12.1. The summed E-state index contributed by atoms with van der Waals surface area (Å²) < 4.78 is 25.8. The molecule has 0 radical (unpaired) electrons. The van der Waals surface area contributed by atoms with Crippen molar-refractivity contribution in [1.29, 1.82) is 0 Å². The van der Waals surface area contributed by atoms with Crippen LogP contribution in [0.3, 0.4) is 0 Å². The summed E-state index contributed by atoms with van der Waals surface area (Å²) in [6.45, 7) is 7.52. The van der Waals surface area contributed by atoms with E-state index in [9.17, 15) is 8.42 Å². The predicted octanol–water partition coefficient (Wildman–Crippen LogP) is 2.96. The summed E-state index contributed by atoms with van der Waals surface area (Å²) >= 11 is 0. The molecule has 0 saturated carbocycles. The number of anilines is 1. The number of benzene rings is 1. The van der Waals surface area contributed by atoms with Gasteiger partial charge in [-0.25, -0.2) is 8.42 Å². The largest absolute Gasteiger partial charge is 0.283 e. The van der Waals surface area contributed by atoms with E-state index in [0.717, 1.165) is 0 Å². The lowest BCUT2D eigenvalue weighted by molar-refractivity contribution is 0.593. The molecule has 0 fully saturated rings. The van der Waals surface area contributed by atoms with Crippen molar-refractivity contribution in [2.24, 2.45) is 0 Å². The van der Waals surface area contributed by atoms with Crippen LogP contribution in [0, 0.1) is 0 Å². The molecule has 0 saturated heterocycles. The van der Waals surface area contributed by atoms with Crippen molar-refractivity contribution in [1.82, 2.24) is 0 Å². The zero-order valence-corrected chi connectivity index (χ0v) is 11.0. The highest BCUT2D eigenvalue weighted by Crippen LogP contribution is 2.18. The first-order valence-corrected chi connectivity index (χ1v) is 6.99. The summed E-state index contributed by atoms with van der Waals surface area (Å²) in [7, 11) is -3.23. The summed E-state index contributed by atoms with van der Waals surface area (Å²) in [4.78, 5) is 0. The second-order valence-electron chi connectivity index (χ2n) is 4.47. The number of rotatable bonds is 4. The molecule has 3 nitrogen and oxygen atoms in total. The van der Waals surface area contributed by atoms with Gasteiger partial charge in [-0.15, -0.1) is 0 Å². The third kappa shape index (κ3) is 3.23. The van der Waals surface area contributed by atoms with Crippen LogP contribution in [0.25, 0.3) is 0 Å². The molecule has 0 amide bonds. The average Bonchev–Trinajstić information content (AvgIpc) is 2.17. The van der Waals surface area contributed by atoms with Gasteiger partial charge in [0.05, 0.1) is 5.25 Å². The van der Waals surface area contributed by atoms with Gasteiger partial charge in [-0.3, -0.25) is 4.72 Å². The Morgan fingerprint density at radius 2 is 1.50 bits per heavy atom. The third-order valence-corrected chi connectivity index (χ3v) is 4.22. The number of nitrogens with one attached hydrogen (secondary N) is 1. The fourth-order valence-electron chi connectivity index (χ4n) is 1.22. The molecule has 0 aliphatic heterocycles. The van der Waals surface area contributed by atoms with Gasteiger partial charge < -0.3 is 0 Å². The van der Waals surface area contributed by atoms with Gasteiger partial charge in [0, 0.05) is 5.69 Å². The van der Waals surface area contributed by atoms with Crippen molar-refractivity contribution in [2.75, 3.05) is 4.72 Å². The Balaban J connectivity index is 2.85.